The van der Waals surface area contributed by atoms with Gasteiger partial charge in [0.25, 0.3) is 0 Å². The highest BCUT2D eigenvalue weighted by molar-refractivity contribution is 5.28. The standard InChI is InChI=1S/C11H12F2O/c1-6(14)8-5-9(8)10-4-7(12)2-3-11(10)13/h2-4,6,8-9,14H,5H2,1H3/t6-,8-,9+/m1/s1. The van der Waals surface area contributed by atoms with Crippen molar-refractivity contribution in [3.05, 3.63) is 35.4 Å². The van der Waals surface area contributed by atoms with Gasteiger partial charge in [-0.3, -0.25) is 0 Å². The van der Waals surface area contributed by atoms with Gasteiger partial charge in [0.2, 0.25) is 0 Å². The molecular weight excluding hydrogens is 186 g/mol. The summed E-state index contributed by atoms with van der Waals surface area (Å²) in [6.07, 6.45) is 0.306. The van der Waals surface area contributed by atoms with Crippen molar-refractivity contribution in [1.29, 1.82) is 0 Å². The van der Waals surface area contributed by atoms with Crippen LogP contribution < -0.4 is 0 Å². The molecule has 0 radical (unpaired) electrons. The summed E-state index contributed by atoms with van der Waals surface area (Å²) in [6.45, 7) is 1.68. The highest BCUT2D eigenvalue weighted by Gasteiger charge is 2.42. The van der Waals surface area contributed by atoms with Crippen molar-refractivity contribution >= 4 is 0 Å². The fourth-order valence-corrected chi connectivity index (χ4v) is 1.90. The van der Waals surface area contributed by atoms with E-state index in [0.717, 1.165) is 18.6 Å². The lowest BCUT2D eigenvalue weighted by atomic mass is 10.1. The van der Waals surface area contributed by atoms with E-state index in [1.807, 2.05) is 0 Å². The molecule has 1 nitrogen and oxygen atoms in total. The number of hydrogen-bond donors (Lipinski definition) is 1. The van der Waals surface area contributed by atoms with E-state index in [1.54, 1.807) is 6.92 Å². The molecule has 14 heavy (non-hydrogen) atoms. The van der Waals surface area contributed by atoms with Crippen LogP contribution in [0.25, 0.3) is 0 Å². The van der Waals surface area contributed by atoms with Crippen LogP contribution >= 0.6 is 0 Å². The minimum absolute atomic E-state index is 0.00861. The maximum atomic E-state index is 13.2. The Labute approximate surface area is 81.4 Å². The third-order valence-corrected chi connectivity index (χ3v) is 2.82. The van der Waals surface area contributed by atoms with Gasteiger partial charge < -0.3 is 5.11 Å². The SMILES string of the molecule is C[C@@H](O)[C@H]1C[C@@H]1c1cc(F)ccc1F. The first-order valence-corrected chi connectivity index (χ1v) is 4.72. The zero-order chi connectivity index (χ0) is 10.3. The molecule has 1 fully saturated rings. The Bertz CT molecular complexity index is 349. The second kappa shape index (κ2) is 3.31. The van der Waals surface area contributed by atoms with Crippen LogP contribution in [0.5, 0.6) is 0 Å². The van der Waals surface area contributed by atoms with Crippen LogP contribution in [0.15, 0.2) is 18.2 Å². The van der Waals surface area contributed by atoms with E-state index in [2.05, 4.69) is 0 Å². The molecule has 0 aromatic heterocycles. The highest BCUT2D eigenvalue weighted by Crippen LogP contribution is 2.50. The summed E-state index contributed by atoms with van der Waals surface area (Å²) in [5, 5.41) is 9.27. The number of aliphatic hydroxyl groups excluding tert-OH is 1. The van der Waals surface area contributed by atoms with Crippen LogP contribution in [0.1, 0.15) is 24.8 Å². The molecule has 0 amide bonds. The second-order valence-corrected chi connectivity index (χ2v) is 3.91. The molecule has 0 unspecified atom stereocenters. The lowest BCUT2D eigenvalue weighted by molar-refractivity contribution is 0.168. The third kappa shape index (κ3) is 1.64. The minimum Gasteiger partial charge on any atom is -0.393 e. The summed E-state index contributed by atoms with van der Waals surface area (Å²) in [7, 11) is 0. The molecule has 1 aromatic rings. The van der Waals surface area contributed by atoms with Gasteiger partial charge in [0.15, 0.2) is 0 Å². The van der Waals surface area contributed by atoms with Crippen molar-refractivity contribution < 1.29 is 13.9 Å². The molecule has 1 saturated carbocycles. The Hall–Kier alpha value is -0.960. The lowest BCUT2D eigenvalue weighted by Gasteiger charge is -2.04. The number of aliphatic hydroxyl groups is 1. The number of benzene rings is 1. The van der Waals surface area contributed by atoms with Crippen molar-refractivity contribution in [2.45, 2.75) is 25.4 Å². The van der Waals surface area contributed by atoms with Crippen LogP contribution in [-0.4, -0.2) is 11.2 Å². The Kier molecular flexibility index (Phi) is 2.27. The van der Waals surface area contributed by atoms with E-state index in [-0.39, 0.29) is 17.7 Å². The van der Waals surface area contributed by atoms with Gasteiger partial charge in [-0.25, -0.2) is 8.78 Å². The fourth-order valence-electron chi connectivity index (χ4n) is 1.90. The van der Waals surface area contributed by atoms with Crippen molar-refractivity contribution in [2.75, 3.05) is 0 Å². The molecule has 3 atom stereocenters. The smallest absolute Gasteiger partial charge is 0.126 e. The molecule has 0 bridgehead atoms. The average molecular weight is 198 g/mol. The number of rotatable bonds is 2. The summed E-state index contributed by atoms with van der Waals surface area (Å²) in [4.78, 5) is 0. The van der Waals surface area contributed by atoms with Crippen LogP contribution in [-0.2, 0) is 0 Å². The zero-order valence-electron chi connectivity index (χ0n) is 7.87. The Morgan fingerprint density at radius 2 is 2.14 bits per heavy atom. The number of hydrogen-bond acceptors (Lipinski definition) is 1. The molecule has 76 valence electrons. The summed E-state index contributed by atoms with van der Waals surface area (Å²) in [5.74, 6) is -0.714. The van der Waals surface area contributed by atoms with Gasteiger partial charge in [0, 0.05) is 0 Å². The molecule has 1 N–H and O–H groups in total. The molecule has 1 aromatic carbocycles. The minimum atomic E-state index is -0.442. The van der Waals surface area contributed by atoms with Gasteiger partial charge in [-0.2, -0.15) is 0 Å². The van der Waals surface area contributed by atoms with Gasteiger partial charge in [0.05, 0.1) is 6.10 Å². The first-order chi connectivity index (χ1) is 6.59. The van der Waals surface area contributed by atoms with E-state index in [0.29, 0.717) is 5.56 Å². The van der Waals surface area contributed by atoms with Gasteiger partial charge in [-0.15, -0.1) is 0 Å². The Morgan fingerprint density at radius 3 is 2.71 bits per heavy atom. The zero-order valence-corrected chi connectivity index (χ0v) is 7.87. The predicted molar refractivity (Wildman–Crippen MR) is 48.9 cm³/mol. The third-order valence-electron chi connectivity index (χ3n) is 2.82. The van der Waals surface area contributed by atoms with E-state index in [4.69, 9.17) is 0 Å². The summed E-state index contributed by atoms with van der Waals surface area (Å²) in [6, 6.07) is 3.48. The maximum absolute atomic E-state index is 13.2. The number of halogens is 2. The van der Waals surface area contributed by atoms with E-state index >= 15 is 0 Å². The molecule has 0 saturated heterocycles. The normalized spacial score (nSPS) is 27.4. The van der Waals surface area contributed by atoms with E-state index in [1.165, 1.54) is 6.07 Å². The van der Waals surface area contributed by atoms with Gasteiger partial charge in [-0.1, -0.05) is 0 Å². The van der Waals surface area contributed by atoms with Crippen LogP contribution in [0, 0.1) is 17.6 Å². The van der Waals surface area contributed by atoms with Gasteiger partial charge >= 0.3 is 0 Å². The Morgan fingerprint density at radius 1 is 1.43 bits per heavy atom. The molecule has 3 heteroatoms. The van der Waals surface area contributed by atoms with E-state index < -0.39 is 11.9 Å². The monoisotopic (exact) mass is 198 g/mol. The molecule has 0 heterocycles. The second-order valence-electron chi connectivity index (χ2n) is 3.91. The van der Waals surface area contributed by atoms with Crippen molar-refractivity contribution in [1.82, 2.24) is 0 Å². The molecule has 1 aliphatic carbocycles. The summed E-state index contributed by atoms with van der Waals surface area (Å²) >= 11 is 0. The average Bonchev–Trinajstić information content (AvgIpc) is 2.88. The molecule has 0 spiro atoms. The van der Waals surface area contributed by atoms with Crippen molar-refractivity contribution in [2.24, 2.45) is 5.92 Å². The van der Waals surface area contributed by atoms with Crippen LogP contribution in [0.2, 0.25) is 0 Å². The van der Waals surface area contributed by atoms with Gasteiger partial charge in [-0.05, 0) is 48.9 Å². The first kappa shape index (κ1) is 9.59. The Balaban J connectivity index is 2.22. The molecule has 0 aliphatic heterocycles. The summed E-state index contributed by atoms with van der Waals surface area (Å²) < 4.78 is 26.1. The summed E-state index contributed by atoms with van der Waals surface area (Å²) in [5.41, 5.74) is 0.399. The fraction of sp³-hybridized carbons (Fsp3) is 0.455. The van der Waals surface area contributed by atoms with E-state index in [9.17, 15) is 13.9 Å². The van der Waals surface area contributed by atoms with Crippen molar-refractivity contribution in [3.8, 4) is 0 Å². The highest BCUT2D eigenvalue weighted by atomic mass is 19.1. The van der Waals surface area contributed by atoms with Crippen LogP contribution in [0.4, 0.5) is 8.78 Å². The maximum Gasteiger partial charge on any atom is 0.126 e. The lowest BCUT2D eigenvalue weighted by Crippen LogP contribution is -2.04. The van der Waals surface area contributed by atoms with Crippen LogP contribution in [0.3, 0.4) is 0 Å². The topological polar surface area (TPSA) is 20.2 Å². The molecular formula is C11H12F2O. The van der Waals surface area contributed by atoms with Crippen molar-refractivity contribution in [3.63, 3.8) is 0 Å². The largest absolute Gasteiger partial charge is 0.393 e. The molecule has 1 aliphatic rings. The molecule has 2 rings (SSSR count). The van der Waals surface area contributed by atoms with Gasteiger partial charge in [0.1, 0.15) is 11.6 Å². The first-order valence-electron chi connectivity index (χ1n) is 4.72. The quantitative estimate of drug-likeness (QED) is 0.773. The predicted octanol–water partition coefficient (Wildman–Crippen LogP) is 2.45.